The minimum Gasteiger partial charge on any atom is -0.383 e. The molecule has 0 aromatic rings. The van der Waals surface area contributed by atoms with Crippen molar-refractivity contribution in [3.63, 3.8) is 0 Å². The molecule has 2 atom stereocenters. The first-order valence-electron chi connectivity index (χ1n) is 5.58. The van der Waals surface area contributed by atoms with Crippen LogP contribution >= 0.6 is 0 Å². The summed E-state index contributed by atoms with van der Waals surface area (Å²) >= 11 is 0. The Kier molecular flexibility index (Phi) is 8.14. The van der Waals surface area contributed by atoms with Gasteiger partial charge in [-0.2, -0.15) is 0 Å². The Labute approximate surface area is 88.8 Å². The standard InChI is InChI=1S/C11H26N2O/c1-6-10(3)13(4)8-11(9-14-5)12-7-2/h10-12H,6-9H2,1-5H3. The molecule has 0 amide bonds. The molecule has 0 saturated carbocycles. The molecule has 0 aliphatic heterocycles. The van der Waals surface area contributed by atoms with E-state index in [9.17, 15) is 0 Å². The molecule has 86 valence electrons. The molecular formula is C11H26N2O. The third-order valence-corrected chi connectivity index (χ3v) is 2.71. The van der Waals surface area contributed by atoms with Crippen LogP contribution in [-0.2, 0) is 4.74 Å². The molecule has 0 spiro atoms. The first kappa shape index (κ1) is 13.9. The average molecular weight is 202 g/mol. The summed E-state index contributed by atoms with van der Waals surface area (Å²) in [6.07, 6.45) is 1.20. The van der Waals surface area contributed by atoms with Crippen LogP contribution in [0.2, 0.25) is 0 Å². The maximum atomic E-state index is 5.18. The predicted octanol–water partition coefficient (Wildman–Crippen LogP) is 1.34. The largest absolute Gasteiger partial charge is 0.383 e. The van der Waals surface area contributed by atoms with Gasteiger partial charge in [-0.25, -0.2) is 0 Å². The van der Waals surface area contributed by atoms with Gasteiger partial charge in [0.25, 0.3) is 0 Å². The molecule has 0 fully saturated rings. The Morgan fingerprint density at radius 2 is 2.00 bits per heavy atom. The molecule has 0 bridgehead atoms. The first-order valence-corrected chi connectivity index (χ1v) is 5.58. The Morgan fingerprint density at radius 3 is 2.43 bits per heavy atom. The number of hydrogen-bond donors (Lipinski definition) is 1. The summed E-state index contributed by atoms with van der Waals surface area (Å²) in [5.74, 6) is 0. The van der Waals surface area contributed by atoms with Crippen molar-refractivity contribution in [3.8, 4) is 0 Å². The van der Waals surface area contributed by atoms with E-state index in [2.05, 4.69) is 38.0 Å². The summed E-state index contributed by atoms with van der Waals surface area (Å²) in [7, 11) is 3.93. The van der Waals surface area contributed by atoms with Crippen LogP contribution in [0.25, 0.3) is 0 Å². The maximum absolute atomic E-state index is 5.18. The van der Waals surface area contributed by atoms with Crippen molar-refractivity contribution >= 4 is 0 Å². The fourth-order valence-corrected chi connectivity index (χ4v) is 1.51. The van der Waals surface area contributed by atoms with Gasteiger partial charge in [0.05, 0.1) is 6.61 Å². The van der Waals surface area contributed by atoms with Crippen LogP contribution in [0.3, 0.4) is 0 Å². The predicted molar refractivity (Wildman–Crippen MR) is 61.7 cm³/mol. The summed E-state index contributed by atoms with van der Waals surface area (Å²) in [5, 5.41) is 3.43. The van der Waals surface area contributed by atoms with Gasteiger partial charge in [-0.1, -0.05) is 13.8 Å². The molecule has 0 heterocycles. The molecule has 3 heteroatoms. The molecule has 0 aromatic heterocycles. The number of nitrogens with zero attached hydrogens (tertiary/aromatic N) is 1. The second-order valence-corrected chi connectivity index (χ2v) is 3.91. The number of hydrogen-bond acceptors (Lipinski definition) is 3. The van der Waals surface area contributed by atoms with E-state index in [0.29, 0.717) is 12.1 Å². The molecule has 14 heavy (non-hydrogen) atoms. The summed E-state index contributed by atoms with van der Waals surface area (Å²) in [4.78, 5) is 2.38. The molecule has 2 unspecified atom stereocenters. The van der Waals surface area contributed by atoms with Crippen LogP contribution in [0.1, 0.15) is 27.2 Å². The Bertz CT molecular complexity index is 124. The normalized spacial score (nSPS) is 15.9. The number of nitrogens with one attached hydrogen (secondary N) is 1. The first-order chi connectivity index (χ1) is 6.65. The van der Waals surface area contributed by atoms with Crippen LogP contribution in [0.15, 0.2) is 0 Å². The number of rotatable bonds is 8. The van der Waals surface area contributed by atoms with Crippen molar-refractivity contribution in [3.05, 3.63) is 0 Å². The van der Waals surface area contributed by atoms with Crippen LogP contribution in [0, 0.1) is 0 Å². The van der Waals surface area contributed by atoms with Crippen molar-refractivity contribution in [2.45, 2.75) is 39.3 Å². The lowest BCUT2D eigenvalue weighted by atomic mass is 10.2. The van der Waals surface area contributed by atoms with Gasteiger partial charge in [-0.15, -0.1) is 0 Å². The minimum atomic E-state index is 0.448. The number of methoxy groups -OCH3 is 1. The summed E-state index contributed by atoms with van der Waals surface area (Å²) in [6.45, 7) is 9.45. The van der Waals surface area contributed by atoms with E-state index in [0.717, 1.165) is 19.7 Å². The molecular weight excluding hydrogens is 176 g/mol. The summed E-state index contributed by atoms with van der Waals surface area (Å²) < 4.78 is 5.18. The van der Waals surface area contributed by atoms with Crippen molar-refractivity contribution in [2.75, 3.05) is 33.9 Å². The molecule has 0 rings (SSSR count). The van der Waals surface area contributed by atoms with Crippen molar-refractivity contribution in [1.82, 2.24) is 10.2 Å². The van der Waals surface area contributed by atoms with Gasteiger partial charge in [0, 0.05) is 25.7 Å². The smallest absolute Gasteiger partial charge is 0.0628 e. The van der Waals surface area contributed by atoms with Crippen LogP contribution in [0.5, 0.6) is 0 Å². The number of ether oxygens (including phenoxy) is 1. The Hall–Kier alpha value is -0.120. The lowest BCUT2D eigenvalue weighted by Crippen LogP contribution is -2.44. The molecule has 0 aromatic carbocycles. The lowest BCUT2D eigenvalue weighted by molar-refractivity contribution is 0.134. The van der Waals surface area contributed by atoms with Crippen molar-refractivity contribution in [2.24, 2.45) is 0 Å². The fourth-order valence-electron chi connectivity index (χ4n) is 1.51. The topological polar surface area (TPSA) is 24.5 Å². The van der Waals surface area contributed by atoms with Gasteiger partial charge in [-0.05, 0) is 26.9 Å². The van der Waals surface area contributed by atoms with Gasteiger partial charge in [-0.3, -0.25) is 0 Å². The van der Waals surface area contributed by atoms with Gasteiger partial charge < -0.3 is 15.0 Å². The average Bonchev–Trinajstić information content (AvgIpc) is 2.17. The van der Waals surface area contributed by atoms with E-state index in [1.165, 1.54) is 6.42 Å². The third-order valence-electron chi connectivity index (χ3n) is 2.71. The molecule has 3 nitrogen and oxygen atoms in total. The van der Waals surface area contributed by atoms with E-state index in [-0.39, 0.29) is 0 Å². The fraction of sp³-hybridized carbons (Fsp3) is 1.00. The quantitative estimate of drug-likeness (QED) is 0.643. The van der Waals surface area contributed by atoms with Crippen LogP contribution < -0.4 is 5.32 Å². The lowest BCUT2D eigenvalue weighted by Gasteiger charge is -2.28. The zero-order chi connectivity index (χ0) is 11.0. The van der Waals surface area contributed by atoms with E-state index < -0.39 is 0 Å². The SMILES string of the molecule is CCNC(COC)CN(C)C(C)CC. The Balaban J connectivity index is 3.87. The van der Waals surface area contributed by atoms with Gasteiger partial charge >= 0.3 is 0 Å². The van der Waals surface area contributed by atoms with Gasteiger partial charge in [0.15, 0.2) is 0 Å². The van der Waals surface area contributed by atoms with E-state index in [1.54, 1.807) is 7.11 Å². The second kappa shape index (κ2) is 8.21. The van der Waals surface area contributed by atoms with E-state index in [4.69, 9.17) is 4.74 Å². The third kappa shape index (κ3) is 5.58. The van der Waals surface area contributed by atoms with E-state index in [1.807, 2.05) is 0 Å². The summed E-state index contributed by atoms with van der Waals surface area (Å²) in [6, 6.07) is 1.09. The molecule has 0 aliphatic carbocycles. The highest BCUT2D eigenvalue weighted by Gasteiger charge is 2.13. The molecule has 0 radical (unpaired) electrons. The monoisotopic (exact) mass is 202 g/mol. The zero-order valence-corrected chi connectivity index (χ0v) is 10.3. The van der Waals surface area contributed by atoms with Crippen LogP contribution in [0.4, 0.5) is 0 Å². The van der Waals surface area contributed by atoms with Crippen molar-refractivity contribution in [1.29, 1.82) is 0 Å². The highest BCUT2D eigenvalue weighted by Crippen LogP contribution is 2.01. The summed E-state index contributed by atoms with van der Waals surface area (Å²) in [5.41, 5.74) is 0. The molecule has 0 saturated heterocycles. The Morgan fingerprint density at radius 1 is 1.36 bits per heavy atom. The molecule has 0 aliphatic rings. The second-order valence-electron chi connectivity index (χ2n) is 3.91. The minimum absolute atomic E-state index is 0.448. The van der Waals surface area contributed by atoms with Gasteiger partial charge in [0.2, 0.25) is 0 Å². The maximum Gasteiger partial charge on any atom is 0.0628 e. The number of likely N-dealkylation sites (N-methyl/N-ethyl adjacent to an activating group) is 2. The van der Waals surface area contributed by atoms with Crippen LogP contribution in [-0.4, -0.2) is 50.8 Å². The van der Waals surface area contributed by atoms with E-state index >= 15 is 0 Å². The highest BCUT2D eigenvalue weighted by atomic mass is 16.5. The highest BCUT2D eigenvalue weighted by molar-refractivity contribution is 4.72. The van der Waals surface area contributed by atoms with Gasteiger partial charge in [0.1, 0.15) is 0 Å². The zero-order valence-electron chi connectivity index (χ0n) is 10.3. The molecule has 1 N–H and O–H groups in total. The van der Waals surface area contributed by atoms with Crippen molar-refractivity contribution < 1.29 is 4.74 Å².